The first-order valence-electron chi connectivity index (χ1n) is 8.60. The Kier molecular flexibility index (Phi) is 3.97. The lowest BCUT2D eigenvalue weighted by Gasteiger charge is -2.25. The topological polar surface area (TPSA) is 17.8 Å². The number of nitrogens with zero attached hydrogens (tertiary/aromatic N) is 2. The van der Waals surface area contributed by atoms with E-state index in [-0.39, 0.29) is 0 Å². The molecular formula is C21H22N2. The van der Waals surface area contributed by atoms with Crippen LogP contribution in [0.4, 0.5) is 0 Å². The molecule has 2 heterocycles. The van der Waals surface area contributed by atoms with Crippen molar-refractivity contribution in [1.82, 2.24) is 9.55 Å². The van der Waals surface area contributed by atoms with Crippen molar-refractivity contribution in [3.63, 3.8) is 0 Å². The van der Waals surface area contributed by atoms with Gasteiger partial charge in [0.1, 0.15) is 0 Å². The summed E-state index contributed by atoms with van der Waals surface area (Å²) in [6.07, 6.45) is 10.8. The summed E-state index contributed by atoms with van der Waals surface area (Å²) in [7, 11) is 0. The van der Waals surface area contributed by atoms with Gasteiger partial charge in [-0.15, -0.1) is 0 Å². The minimum absolute atomic E-state index is 0.671. The van der Waals surface area contributed by atoms with E-state index >= 15 is 0 Å². The summed E-state index contributed by atoms with van der Waals surface area (Å²) in [5.74, 6) is 0. The van der Waals surface area contributed by atoms with Gasteiger partial charge in [-0.3, -0.25) is 4.98 Å². The Bertz CT molecular complexity index is 750. The van der Waals surface area contributed by atoms with Crippen LogP contribution in [0.1, 0.15) is 38.1 Å². The van der Waals surface area contributed by atoms with Gasteiger partial charge >= 0.3 is 0 Å². The molecule has 1 aliphatic rings. The van der Waals surface area contributed by atoms with Crippen LogP contribution in [0.5, 0.6) is 0 Å². The van der Waals surface area contributed by atoms with Crippen molar-refractivity contribution in [2.24, 2.45) is 0 Å². The Hall–Kier alpha value is -2.35. The van der Waals surface area contributed by atoms with Crippen molar-refractivity contribution >= 4 is 0 Å². The second-order valence-electron chi connectivity index (χ2n) is 6.38. The van der Waals surface area contributed by atoms with Gasteiger partial charge in [0.05, 0.1) is 5.69 Å². The fraction of sp³-hybridized carbons (Fsp3) is 0.286. The molecule has 0 bridgehead atoms. The minimum atomic E-state index is 0.671. The van der Waals surface area contributed by atoms with Gasteiger partial charge in [-0.2, -0.15) is 0 Å². The Morgan fingerprint density at radius 2 is 1.57 bits per heavy atom. The van der Waals surface area contributed by atoms with Crippen LogP contribution in [-0.4, -0.2) is 9.55 Å². The molecule has 1 aromatic carbocycles. The number of aromatic nitrogens is 2. The van der Waals surface area contributed by atoms with Gasteiger partial charge in [0.15, 0.2) is 0 Å². The van der Waals surface area contributed by atoms with Crippen molar-refractivity contribution in [1.29, 1.82) is 0 Å². The van der Waals surface area contributed by atoms with E-state index in [1.807, 2.05) is 18.3 Å². The van der Waals surface area contributed by atoms with Crippen LogP contribution < -0.4 is 0 Å². The standard InChI is InChI=1S/C21H22N2/c1-2-7-19(8-3-1)23-16-6-10-21(23)18-13-11-17(12-14-18)20-9-4-5-15-22-20/h4-6,9-16,19H,1-3,7-8H2. The fourth-order valence-corrected chi connectivity index (χ4v) is 3.66. The zero-order chi connectivity index (χ0) is 15.5. The minimum Gasteiger partial charge on any atom is -0.344 e. The van der Waals surface area contributed by atoms with Crippen LogP contribution in [0.2, 0.25) is 0 Å². The number of benzene rings is 1. The summed E-state index contributed by atoms with van der Waals surface area (Å²) < 4.78 is 2.48. The van der Waals surface area contributed by atoms with E-state index in [1.165, 1.54) is 48.9 Å². The van der Waals surface area contributed by atoms with Crippen LogP contribution in [0, 0.1) is 0 Å². The predicted molar refractivity (Wildman–Crippen MR) is 95.2 cm³/mol. The molecule has 0 amide bonds. The molecule has 2 aromatic heterocycles. The van der Waals surface area contributed by atoms with Gasteiger partial charge in [-0.25, -0.2) is 0 Å². The smallest absolute Gasteiger partial charge is 0.0701 e. The van der Waals surface area contributed by atoms with Gasteiger partial charge in [0, 0.05) is 29.7 Å². The molecule has 0 saturated heterocycles. The third-order valence-corrected chi connectivity index (χ3v) is 4.89. The van der Waals surface area contributed by atoms with Crippen molar-refractivity contribution in [3.05, 3.63) is 67.0 Å². The molecule has 4 rings (SSSR count). The van der Waals surface area contributed by atoms with Crippen LogP contribution in [0.25, 0.3) is 22.5 Å². The molecule has 0 aliphatic heterocycles. The van der Waals surface area contributed by atoms with Crippen molar-refractivity contribution < 1.29 is 0 Å². The molecule has 1 fully saturated rings. The molecular weight excluding hydrogens is 280 g/mol. The number of hydrogen-bond acceptors (Lipinski definition) is 1. The third kappa shape index (κ3) is 2.94. The average Bonchev–Trinajstić information content (AvgIpc) is 3.13. The second kappa shape index (κ2) is 6.41. The van der Waals surface area contributed by atoms with Crippen molar-refractivity contribution in [2.75, 3.05) is 0 Å². The molecule has 0 radical (unpaired) electrons. The highest BCUT2D eigenvalue weighted by molar-refractivity contribution is 5.67. The predicted octanol–water partition coefficient (Wildman–Crippen LogP) is 5.72. The maximum Gasteiger partial charge on any atom is 0.0701 e. The second-order valence-corrected chi connectivity index (χ2v) is 6.38. The molecule has 2 heteroatoms. The summed E-state index contributed by atoms with van der Waals surface area (Å²) >= 11 is 0. The lowest BCUT2D eigenvalue weighted by atomic mass is 9.95. The van der Waals surface area contributed by atoms with E-state index in [0.717, 1.165) is 5.69 Å². The van der Waals surface area contributed by atoms with E-state index in [9.17, 15) is 0 Å². The Labute approximate surface area is 137 Å². The number of hydrogen-bond donors (Lipinski definition) is 0. The monoisotopic (exact) mass is 302 g/mol. The van der Waals surface area contributed by atoms with Gasteiger partial charge < -0.3 is 4.57 Å². The Balaban J connectivity index is 1.63. The zero-order valence-electron chi connectivity index (χ0n) is 13.4. The average molecular weight is 302 g/mol. The first-order chi connectivity index (χ1) is 11.4. The van der Waals surface area contributed by atoms with Crippen LogP contribution >= 0.6 is 0 Å². The van der Waals surface area contributed by atoms with Gasteiger partial charge in [-0.1, -0.05) is 49.6 Å². The molecule has 0 spiro atoms. The van der Waals surface area contributed by atoms with E-state index < -0.39 is 0 Å². The van der Waals surface area contributed by atoms with Gasteiger partial charge in [0.25, 0.3) is 0 Å². The largest absolute Gasteiger partial charge is 0.344 e. The van der Waals surface area contributed by atoms with Gasteiger partial charge in [-0.05, 0) is 42.7 Å². The van der Waals surface area contributed by atoms with E-state index in [0.29, 0.717) is 6.04 Å². The lowest BCUT2D eigenvalue weighted by Crippen LogP contribution is -2.12. The molecule has 116 valence electrons. The fourth-order valence-electron chi connectivity index (χ4n) is 3.66. The first-order valence-corrected chi connectivity index (χ1v) is 8.60. The van der Waals surface area contributed by atoms with Crippen LogP contribution in [0.3, 0.4) is 0 Å². The maximum atomic E-state index is 4.43. The molecule has 0 N–H and O–H groups in total. The normalized spacial score (nSPS) is 15.7. The molecule has 1 aliphatic carbocycles. The van der Waals surface area contributed by atoms with Crippen molar-refractivity contribution in [3.8, 4) is 22.5 Å². The SMILES string of the molecule is c1ccc(-c2ccc(-c3cccn3C3CCCCC3)cc2)nc1. The molecule has 1 saturated carbocycles. The highest BCUT2D eigenvalue weighted by atomic mass is 15.0. The zero-order valence-corrected chi connectivity index (χ0v) is 13.4. The van der Waals surface area contributed by atoms with E-state index in [2.05, 4.69) is 58.2 Å². The summed E-state index contributed by atoms with van der Waals surface area (Å²) in [4.78, 5) is 4.43. The maximum absolute atomic E-state index is 4.43. The molecule has 2 nitrogen and oxygen atoms in total. The Morgan fingerprint density at radius 1 is 0.783 bits per heavy atom. The Morgan fingerprint density at radius 3 is 2.30 bits per heavy atom. The number of pyridine rings is 1. The molecule has 0 atom stereocenters. The van der Waals surface area contributed by atoms with Crippen molar-refractivity contribution in [2.45, 2.75) is 38.1 Å². The first kappa shape index (κ1) is 14.3. The number of rotatable bonds is 3. The highest BCUT2D eigenvalue weighted by Crippen LogP contribution is 2.33. The molecule has 0 unspecified atom stereocenters. The quantitative estimate of drug-likeness (QED) is 0.605. The summed E-state index contributed by atoms with van der Waals surface area (Å²) in [5, 5.41) is 0. The molecule has 23 heavy (non-hydrogen) atoms. The van der Waals surface area contributed by atoms with Gasteiger partial charge in [0.2, 0.25) is 0 Å². The van der Waals surface area contributed by atoms with E-state index in [1.54, 1.807) is 0 Å². The highest BCUT2D eigenvalue weighted by Gasteiger charge is 2.17. The van der Waals surface area contributed by atoms with Crippen LogP contribution in [0.15, 0.2) is 67.0 Å². The lowest BCUT2D eigenvalue weighted by molar-refractivity contribution is 0.356. The molecule has 3 aromatic rings. The summed E-state index contributed by atoms with van der Waals surface area (Å²) in [5.41, 5.74) is 4.83. The third-order valence-electron chi connectivity index (χ3n) is 4.89. The summed E-state index contributed by atoms with van der Waals surface area (Å²) in [6, 6.07) is 19.9. The van der Waals surface area contributed by atoms with E-state index in [4.69, 9.17) is 0 Å². The van der Waals surface area contributed by atoms with Crippen LogP contribution in [-0.2, 0) is 0 Å². The summed E-state index contributed by atoms with van der Waals surface area (Å²) in [6.45, 7) is 0.